The van der Waals surface area contributed by atoms with Gasteiger partial charge in [0.15, 0.2) is 16.6 Å². The predicted octanol–water partition coefficient (Wildman–Crippen LogP) is 6.67. The topological polar surface area (TPSA) is 18.5 Å². The fraction of sp³-hybridized carbons (Fsp3) is 0.900. The van der Waals surface area contributed by atoms with Gasteiger partial charge in [0, 0.05) is 6.42 Å². The van der Waals surface area contributed by atoms with Crippen LogP contribution in [-0.4, -0.2) is 37.4 Å². The second-order valence-corrected chi connectivity index (χ2v) is 25.6. The van der Waals surface area contributed by atoms with E-state index < -0.39 is 24.7 Å². The van der Waals surface area contributed by atoms with Gasteiger partial charge in [-0.25, -0.2) is 0 Å². The summed E-state index contributed by atoms with van der Waals surface area (Å²) >= 11 is 0. The second-order valence-electron chi connectivity index (χ2n) is 11.3. The molecule has 0 aromatic rings. The van der Waals surface area contributed by atoms with Crippen LogP contribution >= 0.6 is 0 Å². The molecule has 0 aliphatic heterocycles. The highest BCUT2D eigenvalue weighted by Gasteiger charge is 2.41. The van der Waals surface area contributed by atoms with Gasteiger partial charge < -0.3 is 8.85 Å². The van der Waals surface area contributed by atoms with Gasteiger partial charge in [-0.05, 0) is 36.3 Å². The summed E-state index contributed by atoms with van der Waals surface area (Å²) in [5.41, 5.74) is 3.48. The van der Waals surface area contributed by atoms with E-state index in [1.54, 1.807) is 0 Å². The van der Waals surface area contributed by atoms with Gasteiger partial charge in [-0.1, -0.05) is 61.2 Å². The first-order valence-electron chi connectivity index (χ1n) is 9.60. The van der Waals surface area contributed by atoms with Gasteiger partial charge in [-0.15, -0.1) is 11.5 Å². The molecule has 2 nitrogen and oxygen atoms in total. The average Bonchev–Trinajstić information content (AvgIpc) is 2.31. The molecule has 0 heterocycles. The zero-order valence-corrected chi connectivity index (χ0v) is 22.3. The minimum atomic E-state index is -1.83. The fourth-order valence-corrected chi connectivity index (χ4v) is 4.68. The Hall–Kier alpha value is 0.131. The van der Waals surface area contributed by atoms with Crippen molar-refractivity contribution in [3.63, 3.8) is 0 Å². The summed E-state index contributed by atoms with van der Waals surface area (Å²) in [6.07, 6.45) is 0.865. The van der Waals surface area contributed by atoms with Crippen LogP contribution in [0.4, 0.5) is 0 Å². The van der Waals surface area contributed by atoms with Crippen molar-refractivity contribution in [3.8, 4) is 11.5 Å². The zero-order valence-electron chi connectivity index (χ0n) is 19.3. The molecule has 0 unspecified atom stereocenters. The maximum absolute atomic E-state index is 6.67. The molecule has 0 aliphatic carbocycles. The number of hydrogen-bond acceptors (Lipinski definition) is 2. The Labute approximate surface area is 161 Å². The van der Waals surface area contributed by atoms with Crippen LogP contribution in [-0.2, 0) is 8.85 Å². The Morgan fingerprint density at radius 1 is 0.760 bits per heavy atom. The van der Waals surface area contributed by atoms with Crippen LogP contribution in [0.1, 0.15) is 48.0 Å². The van der Waals surface area contributed by atoms with Crippen molar-refractivity contribution in [3.05, 3.63) is 0 Å². The van der Waals surface area contributed by atoms with E-state index in [1.165, 1.54) is 0 Å². The molecule has 0 fully saturated rings. The van der Waals surface area contributed by atoms with Crippen LogP contribution in [0.5, 0.6) is 0 Å². The van der Waals surface area contributed by atoms with E-state index in [1.807, 2.05) is 0 Å². The van der Waals surface area contributed by atoms with Crippen molar-refractivity contribution in [1.29, 1.82) is 0 Å². The molecule has 0 bridgehead atoms. The highest BCUT2D eigenvalue weighted by molar-refractivity contribution is 6.83. The molecule has 0 N–H and O–H groups in total. The largest absolute Gasteiger partial charge is 0.414 e. The molecular formula is C20H44O2Si3. The molecule has 0 radical (unpaired) electrons. The summed E-state index contributed by atoms with van der Waals surface area (Å²) in [5, 5.41) is 0.424. The van der Waals surface area contributed by atoms with E-state index in [0.29, 0.717) is 6.61 Å². The van der Waals surface area contributed by atoms with E-state index in [9.17, 15) is 0 Å². The van der Waals surface area contributed by atoms with Gasteiger partial charge in [0.25, 0.3) is 0 Å². The minimum absolute atomic E-state index is 0.0823. The maximum Gasteiger partial charge on any atom is 0.192 e. The van der Waals surface area contributed by atoms with Gasteiger partial charge >= 0.3 is 0 Å². The van der Waals surface area contributed by atoms with Crippen LogP contribution in [0, 0.1) is 11.5 Å². The van der Waals surface area contributed by atoms with Crippen molar-refractivity contribution in [2.45, 2.75) is 110 Å². The van der Waals surface area contributed by atoms with Crippen LogP contribution in [0.25, 0.3) is 0 Å². The molecule has 0 rings (SSSR count). The summed E-state index contributed by atoms with van der Waals surface area (Å²) < 4.78 is 13.2. The highest BCUT2D eigenvalue weighted by Crippen LogP contribution is 2.39. The lowest BCUT2D eigenvalue weighted by atomic mass is 10.2. The van der Waals surface area contributed by atoms with Gasteiger partial charge in [0.1, 0.15) is 8.07 Å². The summed E-state index contributed by atoms with van der Waals surface area (Å²) in [7, 11) is -4.94. The third-order valence-corrected chi connectivity index (χ3v) is 15.5. The average molecular weight is 401 g/mol. The fourth-order valence-electron chi connectivity index (χ4n) is 1.68. The smallest absolute Gasteiger partial charge is 0.192 e. The highest BCUT2D eigenvalue weighted by atomic mass is 28.4. The van der Waals surface area contributed by atoms with E-state index >= 15 is 0 Å². The second kappa shape index (κ2) is 8.43. The van der Waals surface area contributed by atoms with Crippen molar-refractivity contribution in [2.75, 3.05) is 6.61 Å². The van der Waals surface area contributed by atoms with Crippen LogP contribution in [0.15, 0.2) is 0 Å². The summed E-state index contributed by atoms with van der Waals surface area (Å²) in [4.78, 5) is 0. The molecule has 1 atom stereocenters. The molecule has 0 aromatic carbocycles. The molecular weight excluding hydrogens is 356 g/mol. The minimum Gasteiger partial charge on any atom is -0.414 e. The molecule has 0 saturated carbocycles. The Morgan fingerprint density at radius 2 is 1.20 bits per heavy atom. The number of hydrogen-bond donors (Lipinski definition) is 0. The lowest BCUT2D eigenvalue weighted by Crippen LogP contribution is -2.47. The van der Waals surface area contributed by atoms with E-state index in [4.69, 9.17) is 8.85 Å². The van der Waals surface area contributed by atoms with Crippen LogP contribution in [0.2, 0.25) is 55.9 Å². The third-order valence-electron chi connectivity index (χ3n) is 5.50. The molecule has 0 amide bonds. The molecule has 0 aromatic heterocycles. The third kappa shape index (κ3) is 9.05. The SMILES string of the molecule is CC(C)(C)[Si](C)(C)OC[C@H](CC#C[Si](C)(C)C)O[Si](C)(C)C(C)(C)C. The molecule has 0 spiro atoms. The van der Waals surface area contributed by atoms with E-state index in [2.05, 4.69) is 98.8 Å². The predicted molar refractivity (Wildman–Crippen MR) is 121 cm³/mol. The quantitative estimate of drug-likeness (QED) is 0.366. The van der Waals surface area contributed by atoms with E-state index in [0.717, 1.165) is 6.42 Å². The van der Waals surface area contributed by atoms with E-state index in [-0.39, 0.29) is 16.2 Å². The zero-order chi connectivity index (χ0) is 20.3. The van der Waals surface area contributed by atoms with Gasteiger partial charge in [0.2, 0.25) is 0 Å². The van der Waals surface area contributed by atoms with Gasteiger partial charge in [-0.2, -0.15) is 0 Å². The lowest BCUT2D eigenvalue weighted by molar-refractivity contribution is 0.111. The normalized spacial score (nSPS) is 15.6. The van der Waals surface area contributed by atoms with Crippen molar-refractivity contribution >= 4 is 24.7 Å². The van der Waals surface area contributed by atoms with Crippen molar-refractivity contribution < 1.29 is 8.85 Å². The molecule has 0 aliphatic rings. The first kappa shape index (κ1) is 25.1. The summed E-state index contributed by atoms with van der Waals surface area (Å²) in [6.45, 7) is 30.5. The van der Waals surface area contributed by atoms with Crippen LogP contribution < -0.4 is 0 Å². The molecule has 5 heteroatoms. The van der Waals surface area contributed by atoms with Gasteiger partial charge in [-0.3, -0.25) is 0 Å². The number of rotatable bonds is 6. The van der Waals surface area contributed by atoms with Crippen LogP contribution in [0.3, 0.4) is 0 Å². The Morgan fingerprint density at radius 3 is 1.56 bits per heavy atom. The Kier molecular flexibility index (Phi) is 8.48. The Bertz CT molecular complexity index is 480. The van der Waals surface area contributed by atoms with Gasteiger partial charge in [0.05, 0.1) is 12.7 Å². The Balaban J connectivity index is 5.24. The summed E-state index contributed by atoms with van der Waals surface area (Å²) in [6, 6.07) is 0. The summed E-state index contributed by atoms with van der Waals surface area (Å²) in [5.74, 6) is 3.42. The van der Waals surface area contributed by atoms with Crippen molar-refractivity contribution in [1.82, 2.24) is 0 Å². The molecule has 0 saturated heterocycles. The molecule has 148 valence electrons. The van der Waals surface area contributed by atoms with Crippen molar-refractivity contribution in [2.24, 2.45) is 0 Å². The first-order valence-corrected chi connectivity index (χ1v) is 18.9. The lowest BCUT2D eigenvalue weighted by Gasteiger charge is -2.41. The first-order chi connectivity index (χ1) is 10.8. The molecule has 25 heavy (non-hydrogen) atoms. The monoisotopic (exact) mass is 400 g/mol. The standard InChI is InChI=1S/C20H44O2Si3/c1-19(2,3)24(10,11)21-17-18(15-14-16-23(7,8)9)22-25(12,13)20(4,5)6/h18H,15,17H2,1-13H3/t18-/m0/s1. The maximum atomic E-state index is 6.67.